The molecule has 3 aliphatic rings. The van der Waals surface area contributed by atoms with Crippen LogP contribution < -0.4 is 5.32 Å². The van der Waals surface area contributed by atoms with Crippen LogP contribution in [0.1, 0.15) is 12.8 Å². The Balaban J connectivity index is 1.87. The van der Waals surface area contributed by atoms with Crippen LogP contribution in [0, 0.1) is 11.8 Å². The molecule has 2 N–H and O–H groups in total. The van der Waals surface area contributed by atoms with E-state index in [4.69, 9.17) is 9.84 Å². The summed E-state index contributed by atoms with van der Waals surface area (Å²) in [6.45, 7) is 0.822. The van der Waals surface area contributed by atoms with Gasteiger partial charge in [-0.3, -0.25) is 4.79 Å². The van der Waals surface area contributed by atoms with Gasteiger partial charge in [-0.25, -0.2) is 0 Å². The molecule has 0 aromatic carbocycles. The second-order valence-corrected chi connectivity index (χ2v) is 4.26. The van der Waals surface area contributed by atoms with Crippen molar-refractivity contribution in [3.63, 3.8) is 0 Å². The molecular weight excluding hydrogens is 170 g/mol. The van der Waals surface area contributed by atoms with E-state index in [0.717, 1.165) is 19.4 Å². The predicted molar refractivity (Wildman–Crippen MR) is 44.3 cm³/mol. The number of aliphatic carboxylic acids is 1. The van der Waals surface area contributed by atoms with Crippen LogP contribution in [0.5, 0.6) is 0 Å². The van der Waals surface area contributed by atoms with E-state index in [9.17, 15) is 4.79 Å². The maximum Gasteiger partial charge on any atom is 0.321 e. The van der Waals surface area contributed by atoms with Crippen molar-refractivity contribution < 1.29 is 14.6 Å². The van der Waals surface area contributed by atoms with E-state index in [0.29, 0.717) is 12.0 Å². The van der Waals surface area contributed by atoms with Crippen LogP contribution in [0.2, 0.25) is 0 Å². The van der Waals surface area contributed by atoms with Crippen LogP contribution in [-0.2, 0) is 9.53 Å². The lowest BCUT2D eigenvalue weighted by Gasteiger charge is -2.22. The minimum absolute atomic E-state index is 0.214. The summed E-state index contributed by atoms with van der Waals surface area (Å²) in [5.74, 6) is -0.0280. The van der Waals surface area contributed by atoms with Gasteiger partial charge in [0.15, 0.2) is 0 Å². The maximum atomic E-state index is 10.9. The monoisotopic (exact) mass is 183 g/mol. The molecule has 0 spiro atoms. The number of rotatable bonds is 1. The molecule has 0 aromatic heterocycles. The molecule has 5 atom stereocenters. The molecule has 5 unspecified atom stereocenters. The van der Waals surface area contributed by atoms with Gasteiger partial charge < -0.3 is 15.2 Å². The second kappa shape index (κ2) is 2.45. The van der Waals surface area contributed by atoms with Crippen molar-refractivity contribution in [2.24, 2.45) is 11.8 Å². The Morgan fingerprint density at radius 2 is 2.15 bits per heavy atom. The van der Waals surface area contributed by atoms with Crippen molar-refractivity contribution in [3.05, 3.63) is 0 Å². The van der Waals surface area contributed by atoms with Gasteiger partial charge in [-0.05, 0) is 12.8 Å². The van der Waals surface area contributed by atoms with E-state index >= 15 is 0 Å². The van der Waals surface area contributed by atoms with Crippen LogP contribution in [-0.4, -0.2) is 35.9 Å². The second-order valence-electron chi connectivity index (χ2n) is 4.26. The molecule has 4 heteroatoms. The van der Waals surface area contributed by atoms with Crippen molar-refractivity contribution in [2.75, 3.05) is 6.54 Å². The lowest BCUT2D eigenvalue weighted by molar-refractivity contribution is -0.140. The molecule has 72 valence electrons. The number of fused-ring (bicyclic) bond motifs is 5. The Morgan fingerprint density at radius 3 is 2.92 bits per heavy atom. The van der Waals surface area contributed by atoms with Crippen LogP contribution in [0.25, 0.3) is 0 Å². The van der Waals surface area contributed by atoms with Gasteiger partial charge in [-0.2, -0.15) is 0 Å². The topological polar surface area (TPSA) is 58.6 Å². The highest BCUT2D eigenvalue weighted by Crippen LogP contribution is 2.47. The first-order chi connectivity index (χ1) is 6.27. The molecule has 2 bridgehead atoms. The van der Waals surface area contributed by atoms with Crippen LogP contribution in [0.15, 0.2) is 0 Å². The van der Waals surface area contributed by atoms with Crippen LogP contribution >= 0.6 is 0 Å². The number of nitrogens with one attached hydrogen (secondary N) is 1. The molecule has 4 nitrogen and oxygen atoms in total. The molecule has 3 rings (SSSR count). The number of carbonyl (C=O) groups is 1. The van der Waals surface area contributed by atoms with Crippen molar-refractivity contribution in [1.82, 2.24) is 5.32 Å². The van der Waals surface area contributed by atoms with Gasteiger partial charge in [0.1, 0.15) is 6.04 Å². The van der Waals surface area contributed by atoms with Crippen molar-refractivity contribution in [2.45, 2.75) is 31.1 Å². The third-order valence-electron chi connectivity index (χ3n) is 3.71. The molecule has 3 heterocycles. The highest BCUT2D eigenvalue weighted by molar-refractivity contribution is 5.74. The lowest BCUT2D eigenvalue weighted by Crippen LogP contribution is -2.40. The summed E-state index contributed by atoms with van der Waals surface area (Å²) in [7, 11) is 0. The summed E-state index contributed by atoms with van der Waals surface area (Å²) >= 11 is 0. The van der Waals surface area contributed by atoms with Crippen molar-refractivity contribution in [3.8, 4) is 0 Å². The Kier molecular flexibility index (Phi) is 1.46. The zero-order valence-electron chi connectivity index (χ0n) is 7.27. The van der Waals surface area contributed by atoms with E-state index in [-0.39, 0.29) is 18.1 Å². The Labute approximate surface area is 76.3 Å². The van der Waals surface area contributed by atoms with Crippen LogP contribution in [0.3, 0.4) is 0 Å². The fourth-order valence-electron chi connectivity index (χ4n) is 3.19. The van der Waals surface area contributed by atoms with Crippen molar-refractivity contribution >= 4 is 5.97 Å². The first-order valence-electron chi connectivity index (χ1n) is 4.89. The number of carboxylic acids is 1. The van der Waals surface area contributed by atoms with Gasteiger partial charge in [0.25, 0.3) is 0 Å². The number of carboxylic acid groups (broad SMARTS) is 1. The van der Waals surface area contributed by atoms with Gasteiger partial charge >= 0.3 is 5.97 Å². The summed E-state index contributed by atoms with van der Waals surface area (Å²) in [4.78, 5) is 10.9. The summed E-state index contributed by atoms with van der Waals surface area (Å²) in [6.07, 6.45) is 2.73. The largest absolute Gasteiger partial charge is 0.480 e. The lowest BCUT2D eigenvalue weighted by atomic mass is 9.78. The van der Waals surface area contributed by atoms with Gasteiger partial charge in [-0.1, -0.05) is 0 Å². The fourth-order valence-corrected chi connectivity index (χ4v) is 3.19. The number of hydrogen-bond acceptors (Lipinski definition) is 3. The maximum absolute atomic E-state index is 10.9. The molecule has 3 fully saturated rings. The minimum atomic E-state index is -0.719. The quantitative estimate of drug-likeness (QED) is 0.593. The summed E-state index contributed by atoms with van der Waals surface area (Å²) in [6, 6.07) is -0.361. The van der Waals surface area contributed by atoms with E-state index in [1.807, 2.05) is 0 Å². The van der Waals surface area contributed by atoms with E-state index in [1.165, 1.54) is 0 Å². The highest BCUT2D eigenvalue weighted by atomic mass is 16.5. The average molecular weight is 183 g/mol. The van der Waals surface area contributed by atoms with Gasteiger partial charge in [0.05, 0.1) is 12.2 Å². The average Bonchev–Trinajstić information content (AvgIpc) is 2.76. The molecule has 0 aliphatic carbocycles. The molecular formula is C9H13NO3. The molecule has 3 saturated heterocycles. The molecule has 0 radical (unpaired) electrons. The third kappa shape index (κ3) is 0.901. The van der Waals surface area contributed by atoms with E-state index in [2.05, 4.69) is 5.32 Å². The summed E-state index contributed by atoms with van der Waals surface area (Å²) in [5, 5.41) is 12.0. The molecule has 3 aliphatic heterocycles. The number of ether oxygens (including phenoxy) is 1. The Morgan fingerprint density at radius 1 is 1.38 bits per heavy atom. The first-order valence-corrected chi connectivity index (χ1v) is 4.89. The van der Waals surface area contributed by atoms with E-state index in [1.54, 1.807) is 0 Å². The van der Waals surface area contributed by atoms with Gasteiger partial charge in [-0.15, -0.1) is 0 Å². The first kappa shape index (κ1) is 7.76. The normalized spacial score (nSPS) is 52.5. The molecule has 0 saturated carbocycles. The molecule has 0 aromatic rings. The Bertz CT molecular complexity index is 255. The SMILES string of the molecule is O=C(O)C1NCC2C3CCC(O3)C12. The molecule has 13 heavy (non-hydrogen) atoms. The Hall–Kier alpha value is -0.610. The smallest absolute Gasteiger partial charge is 0.321 e. The highest BCUT2D eigenvalue weighted by Gasteiger charge is 2.56. The van der Waals surface area contributed by atoms with Crippen molar-refractivity contribution in [1.29, 1.82) is 0 Å². The summed E-state index contributed by atoms with van der Waals surface area (Å²) < 4.78 is 5.72. The summed E-state index contributed by atoms with van der Waals surface area (Å²) in [5.41, 5.74) is 0. The minimum Gasteiger partial charge on any atom is -0.480 e. The van der Waals surface area contributed by atoms with E-state index < -0.39 is 5.97 Å². The number of hydrogen-bond donors (Lipinski definition) is 2. The molecule has 0 amide bonds. The fraction of sp³-hybridized carbons (Fsp3) is 0.889. The predicted octanol–water partition coefficient (Wildman–Crippen LogP) is -0.164. The zero-order valence-corrected chi connectivity index (χ0v) is 7.27. The zero-order chi connectivity index (χ0) is 9.00. The van der Waals surface area contributed by atoms with Crippen LogP contribution in [0.4, 0.5) is 0 Å². The van der Waals surface area contributed by atoms with Gasteiger partial charge in [0.2, 0.25) is 0 Å². The third-order valence-corrected chi connectivity index (χ3v) is 3.71. The van der Waals surface area contributed by atoms with Gasteiger partial charge in [0, 0.05) is 18.4 Å². The standard InChI is InChI=1S/C9H13NO3/c11-9(12)8-7-4(3-10-8)5-1-2-6(7)13-5/h4-8,10H,1-3H2,(H,11,12).